The fourth-order valence-electron chi connectivity index (χ4n) is 16.6. The van der Waals surface area contributed by atoms with Crippen molar-refractivity contribution in [3.63, 3.8) is 0 Å². The van der Waals surface area contributed by atoms with E-state index in [1.54, 1.807) is 11.1 Å². The van der Waals surface area contributed by atoms with Gasteiger partial charge in [0.1, 0.15) is 0 Å². The average Bonchev–Trinajstić information content (AvgIpc) is 3.31. The van der Waals surface area contributed by atoms with Gasteiger partial charge in [-0.05, 0) is 243 Å². The molecule has 0 heterocycles. The molecular weight excluding hydrogens is 821 g/mol. The highest BCUT2D eigenvalue weighted by molar-refractivity contribution is 6.23. The van der Waals surface area contributed by atoms with Crippen molar-refractivity contribution < 1.29 is 0 Å². The van der Waals surface area contributed by atoms with Gasteiger partial charge in [0.15, 0.2) is 0 Å². The van der Waals surface area contributed by atoms with E-state index in [2.05, 4.69) is 185 Å². The lowest BCUT2D eigenvalue weighted by molar-refractivity contribution is -0.00525. The maximum absolute atomic E-state index is 2.75. The predicted molar refractivity (Wildman–Crippen MR) is 288 cm³/mol. The highest BCUT2D eigenvalue weighted by atomic mass is 15.2. The van der Waals surface area contributed by atoms with Crippen LogP contribution in [0.2, 0.25) is 0 Å². The lowest BCUT2D eigenvalue weighted by Crippen LogP contribution is -2.48. The first-order chi connectivity index (χ1) is 33.0. The SMILES string of the molecule is Cc1cccc(N(c2ccc(C(C)C)cc2)c2c3ccc(C45CC6CC(CC(C6)C4)C5)cc3c(N(c3ccc(C(C)C)cc3)c3cccc(C)c3)c3ccc(C45CC6CC(CC(C6)C4)C5)cc23)c1. The van der Waals surface area contributed by atoms with Gasteiger partial charge in [-0.25, -0.2) is 0 Å². The number of rotatable bonds is 10. The fraction of sp³-hybridized carbons (Fsp3) is 0.424. The van der Waals surface area contributed by atoms with E-state index in [-0.39, 0.29) is 10.8 Å². The van der Waals surface area contributed by atoms with Crippen molar-refractivity contribution in [2.45, 2.75) is 141 Å². The molecule has 0 aromatic heterocycles. The number of hydrogen-bond acceptors (Lipinski definition) is 2. The molecule has 0 spiro atoms. The van der Waals surface area contributed by atoms with Crippen LogP contribution in [0.3, 0.4) is 0 Å². The summed E-state index contributed by atoms with van der Waals surface area (Å²) in [6, 6.07) is 53.7. The zero-order valence-corrected chi connectivity index (χ0v) is 41.7. The molecule has 8 aliphatic carbocycles. The molecule has 68 heavy (non-hydrogen) atoms. The van der Waals surface area contributed by atoms with Crippen molar-refractivity contribution in [1.82, 2.24) is 0 Å². The quantitative estimate of drug-likeness (QED) is 0.0997. The van der Waals surface area contributed by atoms with Gasteiger partial charge in [0.2, 0.25) is 0 Å². The predicted octanol–water partition coefficient (Wildman–Crippen LogP) is 18.7. The molecule has 0 N–H and O–H groups in total. The second-order valence-electron chi connectivity index (χ2n) is 24.5. The van der Waals surface area contributed by atoms with Crippen LogP contribution in [0.15, 0.2) is 133 Å². The molecule has 7 aromatic carbocycles. The van der Waals surface area contributed by atoms with E-state index in [0.29, 0.717) is 11.8 Å². The standard InChI is InChI=1S/C66H72N2/c1-41(2)51-13-19-55(20-14-51)67(57-11-7-9-43(5)25-57)63-59-23-17-54(66-38-48-30-49(39-66)32-50(31-48)40-66)34-62(59)64(68(58-12-8-10-44(6)26-58)56-21-15-52(16-22-56)42(3)4)60-24-18-53(33-61(60)63)65-35-45-27-46(36-65)29-47(28-45)37-65/h7-26,33-34,41-42,45-50H,27-32,35-40H2,1-6H3. The Kier molecular flexibility index (Phi) is 10.1. The van der Waals surface area contributed by atoms with Crippen LogP contribution in [-0.4, -0.2) is 0 Å². The summed E-state index contributed by atoms with van der Waals surface area (Å²) in [5.74, 6) is 6.18. The number of benzene rings is 7. The van der Waals surface area contributed by atoms with Gasteiger partial charge in [0, 0.05) is 44.3 Å². The van der Waals surface area contributed by atoms with Crippen molar-refractivity contribution in [2.75, 3.05) is 9.80 Å². The van der Waals surface area contributed by atoms with E-state index in [1.165, 1.54) is 155 Å². The first-order valence-corrected chi connectivity index (χ1v) is 27.0. The van der Waals surface area contributed by atoms with Crippen LogP contribution in [0.4, 0.5) is 34.1 Å². The molecule has 0 aliphatic heterocycles. The number of nitrogens with zero attached hydrogens (tertiary/aromatic N) is 2. The maximum atomic E-state index is 2.75. The largest absolute Gasteiger partial charge is 0.309 e. The number of fused-ring (bicyclic) bond motifs is 2. The smallest absolute Gasteiger partial charge is 0.0620 e. The molecule has 0 saturated heterocycles. The zero-order valence-electron chi connectivity index (χ0n) is 41.7. The third kappa shape index (κ3) is 7.08. The molecule has 346 valence electrons. The third-order valence-corrected chi connectivity index (χ3v) is 19.0. The van der Waals surface area contributed by atoms with E-state index < -0.39 is 0 Å². The van der Waals surface area contributed by atoms with Crippen LogP contribution in [0.5, 0.6) is 0 Å². The molecule has 8 saturated carbocycles. The Morgan fingerprint density at radius 2 is 0.706 bits per heavy atom. The Morgan fingerprint density at radius 1 is 0.368 bits per heavy atom. The average molecular weight is 893 g/mol. The molecule has 0 unspecified atom stereocenters. The van der Waals surface area contributed by atoms with E-state index in [4.69, 9.17) is 0 Å². The molecule has 8 aliphatic rings. The van der Waals surface area contributed by atoms with E-state index in [0.717, 1.165) is 35.5 Å². The lowest BCUT2D eigenvalue weighted by Gasteiger charge is -2.57. The van der Waals surface area contributed by atoms with Crippen molar-refractivity contribution in [3.05, 3.63) is 167 Å². The Morgan fingerprint density at radius 3 is 1.01 bits per heavy atom. The van der Waals surface area contributed by atoms with Crippen LogP contribution < -0.4 is 9.80 Å². The van der Waals surface area contributed by atoms with Gasteiger partial charge in [-0.1, -0.05) is 100 Å². The molecule has 0 amide bonds. The van der Waals surface area contributed by atoms with Gasteiger partial charge in [-0.3, -0.25) is 0 Å². The first-order valence-electron chi connectivity index (χ1n) is 27.0. The minimum Gasteiger partial charge on any atom is -0.309 e. The molecule has 15 rings (SSSR count). The number of anilines is 6. The van der Waals surface area contributed by atoms with Crippen molar-refractivity contribution in [1.29, 1.82) is 0 Å². The molecule has 8 fully saturated rings. The van der Waals surface area contributed by atoms with Crippen LogP contribution in [0.1, 0.15) is 150 Å². The molecule has 2 nitrogen and oxygen atoms in total. The monoisotopic (exact) mass is 893 g/mol. The lowest BCUT2D eigenvalue weighted by atomic mass is 9.48. The van der Waals surface area contributed by atoms with Gasteiger partial charge in [0.05, 0.1) is 11.4 Å². The minimum atomic E-state index is 0.258. The van der Waals surface area contributed by atoms with E-state index in [1.807, 2.05) is 0 Å². The summed E-state index contributed by atoms with van der Waals surface area (Å²) in [6.07, 6.45) is 16.8. The summed E-state index contributed by atoms with van der Waals surface area (Å²) in [6.45, 7) is 13.8. The molecule has 2 heteroatoms. The van der Waals surface area contributed by atoms with Crippen molar-refractivity contribution in [3.8, 4) is 0 Å². The highest BCUT2D eigenvalue weighted by Gasteiger charge is 2.53. The van der Waals surface area contributed by atoms with Gasteiger partial charge >= 0.3 is 0 Å². The van der Waals surface area contributed by atoms with Gasteiger partial charge in [-0.2, -0.15) is 0 Å². The maximum Gasteiger partial charge on any atom is 0.0620 e. The number of hydrogen-bond donors (Lipinski definition) is 0. The Labute approximate surface area is 407 Å². The molecule has 0 atom stereocenters. The van der Waals surface area contributed by atoms with Crippen LogP contribution in [0.25, 0.3) is 21.5 Å². The summed E-state index contributed by atoms with van der Waals surface area (Å²) in [5.41, 5.74) is 16.6. The Balaban J connectivity index is 1.15. The van der Waals surface area contributed by atoms with Crippen molar-refractivity contribution >= 4 is 55.7 Å². The summed E-state index contributed by atoms with van der Waals surface area (Å²) in [5, 5.41) is 5.42. The van der Waals surface area contributed by atoms with Gasteiger partial charge in [0.25, 0.3) is 0 Å². The van der Waals surface area contributed by atoms with Crippen LogP contribution in [0, 0.1) is 49.4 Å². The van der Waals surface area contributed by atoms with Gasteiger partial charge in [-0.15, -0.1) is 0 Å². The summed E-state index contributed by atoms with van der Waals surface area (Å²) in [4.78, 5) is 5.32. The van der Waals surface area contributed by atoms with E-state index in [9.17, 15) is 0 Å². The summed E-state index contributed by atoms with van der Waals surface area (Å²) < 4.78 is 0. The van der Waals surface area contributed by atoms with Crippen LogP contribution >= 0.6 is 0 Å². The Bertz CT molecular complexity index is 2780. The summed E-state index contributed by atoms with van der Waals surface area (Å²) >= 11 is 0. The van der Waals surface area contributed by atoms with Gasteiger partial charge < -0.3 is 9.80 Å². The second kappa shape index (κ2) is 16.1. The molecule has 0 radical (unpaired) electrons. The molecule has 8 bridgehead atoms. The number of aryl methyl sites for hydroxylation is 2. The topological polar surface area (TPSA) is 6.48 Å². The van der Waals surface area contributed by atoms with Crippen LogP contribution in [-0.2, 0) is 10.8 Å². The fourth-order valence-corrected chi connectivity index (χ4v) is 16.6. The molecule has 7 aromatic rings. The normalized spacial score (nSPS) is 27.8. The summed E-state index contributed by atoms with van der Waals surface area (Å²) in [7, 11) is 0. The zero-order chi connectivity index (χ0) is 46.1. The Hall–Kier alpha value is -5.34. The highest BCUT2D eigenvalue weighted by Crippen LogP contribution is 2.64. The third-order valence-electron chi connectivity index (χ3n) is 19.0. The molecular formula is C66H72N2. The van der Waals surface area contributed by atoms with Crippen molar-refractivity contribution in [2.24, 2.45) is 35.5 Å². The second-order valence-corrected chi connectivity index (χ2v) is 24.5. The minimum absolute atomic E-state index is 0.258. The first kappa shape index (κ1) is 42.7. The van der Waals surface area contributed by atoms with E-state index >= 15 is 0 Å².